The summed E-state index contributed by atoms with van der Waals surface area (Å²) in [6, 6.07) is 7.64. The Bertz CT molecular complexity index is 1170. The van der Waals surface area contributed by atoms with Gasteiger partial charge in [-0.2, -0.15) is 5.26 Å². The van der Waals surface area contributed by atoms with E-state index in [0.29, 0.717) is 11.1 Å². The first-order valence-electron chi connectivity index (χ1n) is 11.2. The summed E-state index contributed by atoms with van der Waals surface area (Å²) in [5.74, 6) is -4.29. The molecule has 1 fully saturated rings. The number of nitrogens with zero attached hydrogens (tertiary/aromatic N) is 3. The Hall–Kier alpha value is -3.51. The summed E-state index contributed by atoms with van der Waals surface area (Å²) in [4.78, 5) is 43.1. The highest BCUT2D eigenvalue weighted by atomic mass is 19.3. The Balaban J connectivity index is 1.42. The Morgan fingerprint density at radius 1 is 1.18 bits per heavy atom. The number of likely N-dealkylation sites (tertiary alicyclic amines) is 1. The molecule has 0 unspecified atom stereocenters. The molecule has 1 aromatic heterocycles. The average molecular weight is 466 g/mol. The zero-order chi connectivity index (χ0) is 24.3. The minimum absolute atomic E-state index is 0.0191. The Labute approximate surface area is 195 Å². The molecular formula is C25H24F2N4O3. The van der Waals surface area contributed by atoms with Crippen LogP contribution < -0.4 is 5.32 Å². The van der Waals surface area contributed by atoms with E-state index < -0.39 is 30.8 Å². The third-order valence-corrected chi connectivity index (χ3v) is 6.27. The lowest BCUT2D eigenvalue weighted by Gasteiger charge is -2.19. The predicted octanol–water partition coefficient (Wildman–Crippen LogP) is 2.88. The van der Waals surface area contributed by atoms with E-state index in [-0.39, 0.29) is 36.4 Å². The first-order chi connectivity index (χ1) is 16.3. The van der Waals surface area contributed by atoms with Gasteiger partial charge in [-0.05, 0) is 41.8 Å². The Morgan fingerprint density at radius 2 is 2.00 bits per heavy atom. The number of halogens is 2. The molecule has 0 saturated carbocycles. The second kappa shape index (κ2) is 9.77. The number of Topliss-reactive ketones (excluding diaryl/α,β-unsaturated/α-hetero) is 2. The van der Waals surface area contributed by atoms with Crippen LogP contribution >= 0.6 is 0 Å². The molecule has 0 bridgehead atoms. The second-order valence-electron chi connectivity index (χ2n) is 8.69. The minimum Gasteiger partial charge on any atom is -0.320 e. The van der Waals surface area contributed by atoms with Crippen molar-refractivity contribution in [1.29, 1.82) is 5.26 Å². The fourth-order valence-electron chi connectivity index (χ4n) is 4.46. The quantitative estimate of drug-likeness (QED) is 0.630. The van der Waals surface area contributed by atoms with Crippen LogP contribution in [0, 0.1) is 11.3 Å². The van der Waals surface area contributed by atoms with E-state index in [1.54, 1.807) is 12.1 Å². The van der Waals surface area contributed by atoms with Gasteiger partial charge < -0.3 is 10.2 Å². The van der Waals surface area contributed by atoms with Crippen LogP contribution in [0.1, 0.15) is 56.7 Å². The first kappa shape index (κ1) is 23.6. The Morgan fingerprint density at radius 3 is 2.79 bits per heavy atom. The number of alkyl halides is 2. The molecule has 0 aliphatic carbocycles. The second-order valence-corrected chi connectivity index (χ2v) is 8.69. The lowest BCUT2D eigenvalue weighted by Crippen LogP contribution is -2.36. The van der Waals surface area contributed by atoms with Crippen molar-refractivity contribution in [2.24, 2.45) is 0 Å². The number of fused-ring (bicyclic) bond motifs is 1. The van der Waals surface area contributed by atoms with Crippen molar-refractivity contribution in [3.05, 3.63) is 64.5 Å². The van der Waals surface area contributed by atoms with E-state index in [2.05, 4.69) is 10.3 Å². The fourth-order valence-corrected chi connectivity index (χ4v) is 4.46. The van der Waals surface area contributed by atoms with Gasteiger partial charge >= 0.3 is 0 Å². The number of hydrogen-bond donors (Lipinski definition) is 1. The molecule has 7 nitrogen and oxygen atoms in total. The fraction of sp³-hybridized carbons (Fsp3) is 0.400. The number of pyridine rings is 1. The molecule has 4 rings (SSSR count). The number of nitrogens with one attached hydrogen (secondary N) is 1. The number of ketones is 2. The van der Waals surface area contributed by atoms with Crippen molar-refractivity contribution in [2.75, 3.05) is 13.1 Å². The van der Waals surface area contributed by atoms with E-state index in [1.807, 2.05) is 12.1 Å². The molecule has 2 aliphatic rings. The number of amides is 1. The van der Waals surface area contributed by atoms with E-state index in [9.17, 15) is 23.2 Å². The third kappa shape index (κ3) is 5.18. The zero-order valence-electron chi connectivity index (χ0n) is 18.5. The topological polar surface area (TPSA) is 103 Å². The van der Waals surface area contributed by atoms with Gasteiger partial charge in [-0.25, -0.2) is 8.78 Å². The summed E-state index contributed by atoms with van der Waals surface area (Å²) in [7, 11) is 0. The van der Waals surface area contributed by atoms with Crippen molar-refractivity contribution < 1.29 is 23.2 Å². The Kier molecular flexibility index (Phi) is 6.80. The first-order valence-corrected chi connectivity index (χ1v) is 11.2. The molecule has 1 atom stereocenters. The van der Waals surface area contributed by atoms with E-state index in [0.717, 1.165) is 30.0 Å². The van der Waals surface area contributed by atoms with Gasteiger partial charge in [0, 0.05) is 55.7 Å². The maximum absolute atomic E-state index is 13.6. The molecule has 1 saturated heterocycles. The highest BCUT2D eigenvalue weighted by molar-refractivity contribution is 6.02. The molecule has 1 amide bonds. The molecule has 1 aromatic carbocycles. The average Bonchev–Trinajstić information content (AvgIpc) is 3.17. The van der Waals surface area contributed by atoms with Crippen LogP contribution in [0.2, 0.25) is 0 Å². The van der Waals surface area contributed by atoms with Crippen LogP contribution in [0.15, 0.2) is 36.7 Å². The molecule has 176 valence electrons. The summed E-state index contributed by atoms with van der Waals surface area (Å²) in [6.07, 6.45) is 2.52. The van der Waals surface area contributed by atoms with Gasteiger partial charge in [0.15, 0.2) is 11.6 Å². The van der Waals surface area contributed by atoms with Crippen LogP contribution in [0.25, 0.3) is 0 Å². The molecule has 3 heterocycles. The highest BCUT2D eigenvalue weighted by Gasteiger charge is 2.47. The third-order valence-electron chi connectivity index (χ3n) is 6.27. The molecule has 2 aromatic rings. The maximum Gasteiger partial charge on any atom is 0.268 e. The monoisotopic (exact) mass is 466 g/mol. The van der Waals surface area contributed by atoms with Crippen LogP contribution in [0.4, 0.5) is 8.78 Å². The van der Waals surface area contributed by atoms with Gasteiger partial charge in [0.1, 0.15) is 6.04 Å². The van der Waals surface area contributed by atoms with Gasteiger partial charge in [0.25, 0.3) is 5.92 Å². The molecule has 34 heavy (non-hydrogen) atoms. The summed E-state index contributed by atoms with van der Waals surface area (Å²) >= 11 is 0. The van der Waals surface area contributed by atoms with Crippen molar-refractivity contribution in [2.45, 2.75) is 50.6 Å². The number of carbonyl (C=O) groups excluding carboxylic acids is 3. The normalized spacial score (nSPS) is 18.7. The van der Waals surface area contributed by atoms with Gasteiger partial charge in [-0.15, -0.1) is 0 Å². The summed E-state index contributed by atoms with van der Waals surface area (Å²) in [5, 5.41) is 12.4. The van der Waals surface area contributed by atoms with E-state index >= 15 is 0 Å². The highest BCUT2D eigenvalue weighted by Crippen LogP contribution is 2.32. The largest absolute Gasteiger partial charge is 0.320 e. The molecule has 9 heteroatoms. The SMILES string of the molecule is N#C[C@@H]1CC(F)(F)CN1C(=O)CCC(=O)c1ccncc1CC(=O)c1ccc2c(c1)CCNC2. The van der Waals surface area contributed by atoms with Crippen LogP contribution in [0.5, 0.6) is 0 Å². The number of carbonyl (C=O) groups is 3. The number of rotatable bonds is 7. The van der Waals surface area contributed by atoms with Gasteiger partial charge in [0.2, 0.25) is 5.91 Å². The standard InChI is InChI=1S/C25H24F2N4O3/c26-25(27)11-20(12-28)31(15-25)24(34)4-3-22(32)21-6-8-30-14-19(21)10-23(33)17-1-2-18-13-29-7-5-16(18)9-17/h1-2,6,8-9,14,20,29H,3-5,7,10-11,13,15H2/t20-/m0/s1. The van der Waals surface area contributed by atoms with Crippen molar-refractivity contribution in [3.63, 3.8) is 0 Å². The van der Waals surface area contributed by atoms with Crippen molar-refractivity contribution in [1.82, 2.24) is 15.2 Å². The van der Waals surface area contributed by atoms with Crippen LogP contribution in [0.3, 0.4) is 0 Å². The van der Waals surface area contributed by atoms with Gasteiger partial charge in [-0.3, -0.25) is 19.4 Å². The maximum atomic E-state index is 13.6. The lowest BCUT2D eigenvalue weighted by atomic mass is 9.93. The number of aromatic nitrogens is 1. The van der Waals surface area contributed by atoms with Crippen molar-refractivity contribution >= 4 is 17.5 Å². The smallest absolute Gasteiger partial charge is 0.268 e. The molecular weight excluding hydrogens is 442 g/mol. The van der Waals surface area contributed by atoms with Gasteiger partial charge in [-0.1, -0.05) is 12.1 Å². The van der Waals surface area contributed by atoms with Crippen molar-refractivity contribution in [3.8, 4) is 6.07 Å². The summed E-state index contributed by atoms with van der Waals surface area (Å²) in [5.41, 5.74) is 3.59. The summed E-state index contributed by atoms with van der Waals surface area (Å²) in [6.45, 7) is 0.812. The molecule has 1 N–H and O–H groups in total. The minimum atomic E-state index is -3.11. The van der Waals surface area contributed by atoms with E-state index in [4.69, 9.17) is 5.26 Å². The van der Waals surface area contributed by atoms with Crippen LogP contribution in [-0.2, 0) is 24.2 Å². The predicted molar refractivity (Wildman–Crippen MR) is 118 cm³/mol. The zero-order valence-corrected chi connectivity index (χ0v) is 18.5. The lowest BCUT2D eigenvalue weighted by molar-refractivity contribution is -0.132. The number of nitriles is 1. The number of benzene rings is 1. The number of hydrogen-bond acceptors (Lipinski definition) is 6. The van der Waals surface area contributed by atoms with Crippen LogP contribution in [-0.4, -0.2) is 52.4 Å². The molecule has 2 aliphatic heterocycles. The van der Waals surface area contributed by atoms with E-state index in [1.165, 1.54) is 24.0 Å². The van der Waals surface area contributed by atoms with Gasteiger partial charge in [0.05, 0.1) is 12.6 Å². The molecule has 0 spiro atoms. The summed E-state index contributed by atoms with van der Waals surface area (Å²) < 4.78 is 27.2. The molecule has 0 radical (unpaired) electrons.